The number of aliphatic hydroxyl groups is 1. The molecule has 1 aromatic rings. The number of epoxide rings is 1. The van der Waals surface area contributed by atoms with Crippen LogP contribution in [0.5, 0.6) is 5.75 Å². The lowest BCUT2D eigenvalue weighted by molar-refractivity contribution is -0.162. The Kier molecular flexibility index (Phi) is 27.8. The van der Waals surface area contributed by atoms with Crippen molar-refractivity contribution in [3.8, 4) is 5.75 Å². The maximum absolute atomic E-state index is 14.4. The maximum atomic E-state index is 14.4. The number of hydrogen-bond donors (Lipinski definition) is 4. The van der Waals surface area contributed by atoms with Crippen LogP contribution in [0.25, 0.3) is 0 Å². The molecular weight excluding hydrogens is 1350 g/mol. The molecule has 0 radical (unpaired) electrons. The number of imide groups is 2. The number of likely N-dealkylation sites (N-methyl/N-ethyl adjacent to an activating group) is 1. The summed E-state index contributed by atoms with van der Waals surface area (Å²) in [5.41, 5.74) is -1.31. The van der Waals surface area contributed by atoms with E-state index in [-0.39, 0.29) is 117 Å². The second kappa shape index (κ2) is 34.8. The second-order valence-corrected chi connectivity index (χ2v) is 28.0. The van der Waals surface area contributed by atoms with E-state index in [0.29, 0.717) is 24.3 Å². The maximum Gasteiger partial charge on any atom is 0.409 e. The third-order valence-corrected chi connectivity index (χ3v) is 20.9. The van der Waals surface area contributed by atoms with Gasteiger partial charge in [0, 0.05) is 109 Å². The van der Waals surface area contributed by atoms with Crippen LogP contribution in [0.4, 0.5) is 10.5 Å². The molecule has 9 amide bonds. The minimum Gasteiger partial charge on any atom is -0.495 e. The molecule has 4 saturated heterocycles. The third-order valence-electron chi connectivity index (χ3n) is 17.9. The minimum absolute atomic E-state index is 0.00421. The molecule has 32 heteroatoms. The fourth-order valence-corrected chi connectivity index (χ4v) is 14.5. The van der Waals surface area contributed by atoms with E-state index in [1.165, 1.54) is 62.3 Å². The summed E-state index contributed by atoms with van der Waals surface area (Å²) in [6.45, 7) is 7.20. The first kappa shape index (κ1) is 77.5. The number of hydrogen-bond acceptors (Lipinski definition) is 23. The highest BCUT2D eigenvalue weighted by molar-refractivity contribution is 8.03. The van der Waals surface area contributed by atoms with Gasteiger partial charge in [0.25, 0.3) is 11.8 Å². The lowest BCUT2D eigenvalue weighted by atomic mass is 9.83. The summed E-state index contributed by atoms with van der Waals surface area (Å²) >= 11 is 9.93. The van der Waals surface area contributed by atoms with Gasteiger partial charge in [-0.25, -0.2) is 14.4 Å². The van der Waals surface area contributed by atoms with E-state index in [2.05, 4.69) is 10.6 Å². The molecule has 0 aliphatic carbocycles. The number of ketones is 1. The summed E-state index contributed by atoms with van der Waals surface area (Å²) in [7, 11) is 5.80. The number of benzene rings is 1. The molecule has 11 atom stereocenters. The van der Waals surface area contributed by atoms with Crippen LogP contribution in [0.2, 0.25) is 5.02 Å². The number of thioether (sulfide) groups is 3. The number of rotatable bonds is 28. The summed E-state index contributed by atoms with van der Waals surface area (Å²) in [5, 5.41) is 25.9. The van der Waals surface area contributed by atoms with Crippen LogP contribution in [0.1, 0.15) is 91.0 Å². The minimum atomic E-state index is -1.91. The van der Waals surface area contributed by atoms with Gasteiger partial charge in [-0.1, -0.05) is 42.3 Å². The van der Waals surface area contributed by atoms with Gasteiger partial charge in [-0.3, -0.25) is 58.3 Å². The number of carbonyl (C=O) groups is 12. The van der Waals surface area contributed by atoms with Gasteiger partial charge in [-0.05, 0) is 70.2 Å². The van der Waals surface area contributed by atoms with Crippen molar-refractivity contribution in [2.75, 3.05) is 97.5 Å². The molecule has 4 bridgehead atoms. The number of methoxy groups -OCH3 is 2. The SMILES string of the molecule is COc1cc2cc(c1Cl)N(C)C(=O)C[C@H](OC(=O)[C@H](C)N(C)C(=O)CCSC1CC(=O)N(CCOCCOCCCC(=O)CCC(=O)N3C[C@H](NC(=O)/C=C(/SC)C(=O)O)C[C@H](N4C(=O)C=C(SC)C4=O)C3)C1=O)[C@@]1(C)O[C@H]1[C@H](C)[C@@H]1C[C@@](O)(NC(=O)O1)[C@H](OC)/C=C/C=C(\C)C2. The number of ether oxygens (including phenoxy) is 7. The molecule has 1 aromatic carbocycles. The average molecular weight is 1430 g/mol. The molecule has 4 N–H and O–H groups in total. The Morgan fingerprint density at radius 2 is 1.69 bits per heavy atom. The van der Waals surface area contributed by atoms with Gasteiger partial charge in [0.15, 0.2) is 5.72 Å². The number of nitrogens with zero attached hydrogens (tertiary/aromatic N) is 5. The molecule has 7 rings (SSSR count). The predicted octanol–water partition coefficient (Wildman–Crippen LogP) is 3.96. The van der Waals surface area contributed by atoms with Crippen molar-refractivity contribution < 1.29 is 101 Å². The topological polar surface area (TPSA) is 353 Å². The molecule has 0 spiro atoms. The van der Waals surface area contributed by atoms with Gasteiger partial charge in [0.05, 0.1) is 72.8 Å². The first-order valence-corrected chi connectivity index (χ1v) is 35.5. The van der Waals surface area contributed by atoms with E-state index >= 15 is 0 Å². The highest BCUT2D eigenvalue weighted by Crippen LogP contribution is 2.49. The number of carboxylic acid groups (broad SMARTS) is 1. The van der Waals surface area contributed by atoms with E-state index < -0.39 is 137 Å². The number of esters is 1. The Balaban J connectivity index is 0.836. The molecule has 6 aliphatic heterocycles. The van der Waals surface area contributed by atoms with E-state index in [1.54, 1.807) is 44.4 Å². The number of Topliss-reactive ketones (excluding diaryl/α,β-unsaturated/α-hetero) is 1. The lowest BCUT2D eigenvalue weighted by Crippen LogP contribution is -2.63. The van der Waals surface area contributed by atoms with Crippen molar-refractivity contribution in [3.63, 3.8) is 0 Å². The quantitative estimate of drug-likeness (QED) is 0.0303. The van der Waals surface area contributed by atoms with E-state index in [1.807, 2.05) is 13.0 Å². The Morgan fingerprint density at radius 3 is 2.36 bits per heavy atom. The molecule has 0 saturated carbocycles. The Morgan fingerprint density at radius 1 is 0.969 bits per heavy atom. The van der Waals surface area contributed by atoms with Crippen LogP contribution in [0, 0.1) is 5.92 Å². The lowest BCUT2D eigenvalue weighted by Gasteiger charge is -2.42. The standard InChI is InChI=1S/C65H86ClN7O21S3/c1-36-13-11-15-49(89-8)65(87)33-45(92-63(86)68-65)37(2)58-64(4,94-58)50(32-54(78)70(6)43-26-39(25-36)27-44(88-7)57(43)66)93-62(85)38(3)69(5)52(76)18-24-97-47-31-55(79)72(59(47)81)19-21-91-23-22-90-20-12-14-42(74)16-17-53(77)71-34-40(67-51(75)29-48(96-10)61(83)84)28-41(35-71)73-56(80)30-46(95-9)60(73)82/h11,13,15,26-27,29-30,37-38,40-41,45,47,49-50,58,87H,12,14,16-25,28,31-35H2,1-10H3,(H,67,75)(H,68,86)(H,83,84)/b15-11+,36-13+,48-29+/t37-,38+,40-,41+,45+,47?,49-,50+,58+,64-,65+/m1/s1. The van der Waals surface area contributed by atoms with Gasteiger partial charge < -0.3 is 63.4 Å². The number of carboxylic acids is 1. The number of fused-ring (bicyclic) bond motifs is 5. The van der Waals surface area contributed by atoms with Crippen molar-refractivity contribution in [1.82, 2.24) is 30.2 Å². The average Bonchev–Trinajstić information content (AvgIpc) is 1.59. The van der Waals surface area contributed by atoms with E-state index in [0.717, 1.165) is 62.3 Å². The van der Waals surface area contributed by atoms with Crippen LogP contribution >= 0.6 is 46.9 Å². The summed E-state index contributed by atoms with van der Waals surface area (Å²) in [5.74, 6) is -6.62. The normalized spacial score (nSPS) is 27.4. The zero-order chi connectivity index (χ0) is 71.2. The number of aliphatic carboxylic acids is 1. The highest BCUT2D eigenvalue weighted by atomic mass is 35.5. The molecule has 28 nitrogen and oxygen atoms in total. The Labute approximate surface area is 580 Å². The van der Waals surface area contributed by atoms with E-state index in [4.69, 9.17) is 44.8 Å². The molecule has 0 aromatic heterocycles. The summed E-state index contributed by atoms with van der Waals surface area (Å²) in [6, 6.07) is 0.781. The van der Waals surface area contributed by atoms with Crippen LogP contribution in [-0.4, -0.2) is 253 Å². The number of carbonyl (C=O) groups excluding carboxylic acids is 11. The van der Waals surface area contributed by atoms with Crippen molar-refractivity contribution in [2.45, 2.75) is 151 Å². The van der Waals surface area contributed by atoms with Gasteiger partial charge in [0.1, 0.15) is 46.5 Å². The predicted molar refractivity (Wildman–Crippen MR) is 358 cm³/mol. The first-order chi connectivity index (χ1) is 46.0. The molecule has 6 heterocycles. The first-order valence-electron chi connectivity index (χ1n) is 31.7. The highest BCUT2D eigenvalue weighted by Gasteiger charge is 2.64. The number of anilines is 1. The van der Waals surface area contributed by atoms with Crippen LogP contribution in [0.3, 0.4) is 0 Å². The Bertz CT molecular complexity index is 3330. The second-order valence-electron chi connectivity index (χ2n) is 24.6. The summed E-state index contributed by atoms with van der Waals surface area (Å²) < 4.78 is 40.7. The summed E-state index contributed by atoms with van der Waals surface area (Å²) in [6.07, 6.45) is 5.49. The number of amides is 9. The van der Waals surface area contributed by atoms with Crippen molar-refractivity contribution in [2.24, 2.45) is 5.92 Å². The smallest absolute Gasteiger partial charge is 0.409 e. The van der Waals surface area contributed by atoms with Crippen molar-refractivity contribution in [3.05, 3.63) is 68.5 Å². The number of piperidine rings is 1. The third kappa shape index (κ3) is 19.8. The van der Waals surface area contributed by atoms with Gasteiger partial charge >= 0.3 is 18.0 Å². The van der Waals surface area contributed by atoms with Gasteiger partial charge in [-0.2, -0.15) is 0 Å². The number of allylic oxidation sites excluding steroid dienone is 3. The summed E-state index contributed by atoms with van der Waals surface area (Å²) in [4.78, 5) is 164. The zero-order valence-electron chi connectivity index (χ0n) is 56.0. The molecule has 1 unspecified atom stereocenters. The zero-order valence-corrected chi connectivity index (χ0v) is 59.2. The molecule has 6 aliphatic rings. The number of nitrogens with one attached hydrogen (secondary N) is 2. The molecule has 97 heavy (non-hydrogen) atoms. The van der Waals surface area contributed by atoms with Gasteiger partial charge in [0.2, 0.25) is 35.4 Å². The number of alkyl carbamates (subject to hydrolysis) is 1. The van der Waals surface area contributed by atoms with Crippen molar-refractivity contribution >= 4 is 124 Å². The molecular formula is C65H86ClN7O21S3. The fraction of sp³-hybridized carbons (Fsp3) is 0.600. The van der Waals surface area contributed by atoms with Crippen LogP contribution in [-0.2, 0) is 87.6 Å². The fourth-order valence-electron chi connectivity index (χ4n) is 12.2. The monoisotopic (exact) mass is 1430 g/mol. The van der Waals surface area contributed by atoms with E-state index in [9.17, 15) is 67.7 Å². The Hall–Kier alpha value is -6.84. The van der Waals surface area contributed by atoms with Gasteiger partial charge in [-0.15, -0.1) is 35.3 Å². The molecule has 532 valence electrons. The van der Waals surface area contributed by atoms with Crippen LogP contribution in [0.15, 0.2) is 57.9 Å². The number of likely N-dealkylation sites (tertiary alicyclic amines) is 2. The largest absolute Gasteiger partial charge is 0.495 e. The molecule has 4 fully saturated rings. The number of halogens is 1. The van der Waals surface area contributed by atoms with Crippen LogP contribution < -0.4 is 20.3 Å². The van der Waals surface area contributed by atoms with Crippen molar-refractivity contribution in [1.29, 1.82) is 0 Å².